The van der Waals surface area contributed by atoms with E-state index >= 15 is 0 Å². The van der Waals surface area contributed by atoms with Crippen molar-refractivity contribution in [1.29, 1.82) is 0 Å². The van der Waals surface area contributed by atoms with Crippen LogP contribution in [0, 0.1) is 13.8 Å². The SMILES string of the molecule is Cc1cc(C)c(O)c(CN2C[C@H](O)[C@@H](N3CCN(c4ccccn4)CC3)C2)c1. The first kappa shape index (κ1) is 19.2. The van der Waals surface area contributed by atoms with Crippen LogP contribution in [0.25, 0.3) is 0 Å². The van der Waals surface area contributed by atoms with Gasteiger partial charge in [-0.05, 0) is 31.5 Å². The van der Waals surface area contributed by atoms with Crippen LogP contribution >= 0.6 is 0 Å². The molecule has 6 nitrogen and oxygen atoms in total. The third kappa shape index (κ3) is 3.99. The number of hydrogen-bond donors (Lipinski definition) is 2. The molecule has 2 aromatic rings. The number of hydrogen-bond acceptors (Lipinski definition) is 6. The predicted molar refractivity (Wildman–Crippen MR) is 111 cm³/mol. The minimum atomic E-state index is -0.352. The third-order valence-electron chi connectivity index (χ3n) is 6.01. The van der Waals surface area contributed by atoms with Gasteiger partial charge < -0.3 is 15.1 Å². The van der Waals surface area contributed by atoms with E-state index in [0.29, 0.717) is 18.8 Å². The van der Waals surface area contributed by atoms with E-state index in [9.17, 15) is 10.2 Å². The highest BCUT2D eigenvalue weighted by Gasteiger charge is 2.37. The van der Waals surface area contributed by atoms with Gasteiger partial charge in [0.25, 0.3) is 0 Å². The predicted octanol–water partition coefficient (Wildman–Crippen LogP) is 1.77. The molecule has 0 unspecified atom stereocenters. The number of aryl methyl sites for hydroxylation is 2. The summed E-state index contributed by atoms with van der Waals surface area (Å²) in [6.45, 7) is 9.87. The lowest BCUT2D eigenvalue weighted by molar-refractivity contribution is 0.0790. The standard InChI is InChI=1S/C22H30N4O2/c1-16-11-17(2)22(28)18(12-16)13-24-14-19(20(27)15-24)25-7-9-26(10-8-25)21-5-3-4-6-23-21/h3-6,11-12,19-20,27-28H,7-10,13-15H2,1-2H3/t19-,20-/m0/s1. The van der Waals surface area contributed by atoms with E-state index in [0.717, 1.165) is 55.2 Å². The zero-order chi connectivity index (χ0) is 19.7. The molecule has 0 amide bonds. The number of rotatable bonds is 4. The van der Waals surface area contributed by atoms with Gasteiger partial charge in [-0.2, -0.15) is 0 Å². The van der Waals surface area contributed by atoms with Gasteiger partial charge in [-0.3, -0.25) is 9.80 Å². The van der Waals surface area contributed by atoms with Crippen LogP contribution in [-0.2, 0) is 6.54 Å². The highest BCUT2D eigenvalue weighted by Crippen LogP contribution is 2.27. The fraction of sp³-hybridized carbons (Fsp3) is 0.500. The Bertz CT molecular complexity index is 806. The zero-order valence-corrected chi connectivity index (χ0v) is 16.8. The van der Waals surface area contributed by atoms with E-state index < -0.39 is 0 Å². The highest BCUT2D eigenvalue weighted by atomic mass is 16.3. The van der Waals surface area contributed by atoms with Crippen LogP contribution in [0.1, 0.15) is 16.7 Å². The van der Waals surface area contributed by atoms with E-state index in [-0.39, 0.29) is 12.1 Å². The first-order valence-corrected chi connectivity index (χ1v) is 10.1. The number of phenolic OH excluding ortho intramolecular Hbond substituents is 1. The van der Waals surface area contributed by atoms with Crippen LogP contribution in [0.2, 0.25) is 0 Å². The lowest BCUT2D eigenvalue weighted by Gasteiger charge is -2.39. The normalized spacial score (nSPS) is 24.0. The Balaban J connectivity index is 1.36. The molecule has 28 heavy (non-hydrogen) atoms. The Morgan fingerprint density at radius 1 is 1.07 bits per heavy atom. The number of anilines is 1. The molecule has 2 saturated heterocycles. The van der Waals surface area contributed by atoms with Crippen molar-refractivity contribution in [2.45, 2.75) is 32.5 Å². The Morgan fingerprint density at radius 3 is 2.57 bits per heavy atom. The second-order valence-corrected chi connectivity index (χ2v) is 8.13. The molecule has 2 fully saturated rings. The summed E-state index contributed by atoms with van der Waals surface area (Å²) in [5.41, 5.74) is 3.02. The lowest BCUT2D eigenvalue weighted by atomic mass is 10.1. The molecule has 2 aliphatic heterocycles. The molecule has 150 valence electrons. The minimum Gasteiger partial charge on any atom is -0.507 e. The number of β-amino-alcohol motifs (C(OH)–C–C–N with tert-alkyl or cyclic N) is 1. The van der Waals surface area contributed by atoms with Gasteiger partial charge in [-0.1, -0.05) is 23.8 Å². The monoisotopic (exact) mass is 382 g/mol. The number of aliphatic hydroxyl groups is 1. The van der Waals surface area contributed by atoms with Gasteiger partial charge in [0.1, 0.15) is 11.6 Å². The summed E-state index contributed by atoms with van der Waals surface area (Å²) in [7, 11) is 0. The van der Waals surface area contributed by atoms with Crippen molar-refractivity contribution in [3.05, 3.63) is 53.2 Å². The molecule has 0 radical (unpaired) electrons. The quantitative estimate of drug-likeness (QED) is 0.840. The molecular weight excluding hydrogens is 352 g/mol. The highest BCUT2D eigenvalue weighted by molar-refractivity contribution is 5.42. The summed E-state index contributed by atoms with van der Waals surface area (Å²) >= 11 is 0. The number of aromatic nitrogens is 1. The fourth-order valence-electron chi connectivity index (χ4n) is 4.57. The second kappa shape index (κ2) is 8.07. The molecule has 0 aliphatic carbocycles. The molecule has 1 aromatic heterocycles. The van der Waals surface area contributed by atoms with Crippen molar-refractivity contribution in [2.24, 2.45) is 0 Å². The van der Waals surface area contributed by atoms with Gasteiger partial charge >= 0.3 is 0 Å². The fourth-order valence-corrected chi connectivity index (χ4v) is 4.57. The Morgan fingerprint density at radius 2 is 1.86 bits per heavy atom. The molecular formula is C22H30N4O2. The minimum absolute atomic E-state index is 0.152. The smallest absolute Gasteiger partial charge is 0.128 e. The van der Waals surface area contributed by atoms with Crippen LogP contribution in [0.5, 0.6) is 5.75 Å². The summed E-state index contributed by atoms with van der Waals surface area (Å²) < 4.78 is 0. The molecule has 3 heterocycles. The summed E-state index contributed by atoms with van der Waals surface area (Å²) in [5, 5.41) is 21.1. The maximum Gasteiger partial charge on any atom is 0.128 e. The summed E-state index contributed by atoms with van der Waals surface area (Å²) in [4.78, 5) is 11.4. The van der Waals surface area contributed by atoms with Crippen molar-refractivity contribution in [1.82, 2.24) is 14.8 Å². The van der Waals surface area contributed by atoms with Crippen molar-refractivity contribution < 1.29 is 10.2 Å². The molecule has 2 atom stereocenters. The average Bonchev–Trinajstić information content (AvgIpc) is 3.06. The third-order valence-corrected chi connectivity index (χ3v) is 6.01. The van der Waals surface area contributed by atoms with Gasteiger partial charge in [0, 0.05) is 63.6 Å². The molecule has 2 aliphatic rings. The molecule has 0 bridgehead atoms. The Hall–Kier alpha value is -2.15. The number of likely N-dealkylation sites (tertiary alicyclic amines) is 1. The first-order chi connectivity index (χ1) is 13.5. The summed E-state index contributed by atoms with van der Waals surface area (Å²) in [6.07, 6.45) is 1.48. The summed E-state index contributed by atoms with van der Waals surface area (Å²) in [5.74, 6) is 1.41. The van der Waals surface area contributed by atoms with Crippen molar-refractivity contribution in [3.63, 3.8) is 0 Å². The second-order valence-electron chi connectivity index (χ2n) is 8.13. The average molecular weight is 383 g/mol. The molecule has 0 saturated carbocycles. The van der Waals surface area contributed by atoms with E-state index in [1.54, 1.807) is 0 Å². The van der Waals surface area contributed by atoms with E-state index in [1.165, 1.54) is 0 Å². The van der Waals surface area contributed by atoms with Gasteiger partial charge in [0.2, 0.25) is 0 Å². The van der Waals surface area contributed by atoms with Crippen LogP contribution in [0.15, 0.2) is 36.5 Å². The molecule has 6 heteroatoms. The molecule has 1 aromatic carbocycles. The van der Waals surface area contributed by atoms with Crippen LogP contribution in [-0.4, -0.2) is 76.4 Å². The van der Waals surface area contributed by atoms with Crippen molar-refractivity contribution >= 4 is 5.82 Å². The topological polar surface area (TPSA) is 63.1 Å². The maximum absolute atomic E-state index is 10.7. The number of piperazine rings is 1. The van der Waals surface area contributed by atoms with Gasteiger partial charge in [0.05, 0.1) is 6.10 Å². The van der Waals surface area contributed by atoms with Crippen LogP contribution in [0.4, 0.5) is 5.82 Å². The number of aliphatic hydroxyl groups excluding tert-OH is 1. The lowest BCUT2D eigenvalue weighted by Crippen LogP contribution is -2.53. The van der Waals surface area contributed by atoms with Crippen molar-refractivity contribution in [3.8, 4) is 5.75 Å². The molecule has 0 spiro atoms. The zero-order valence-electron chi connectivity index (χ0n) is 16.8. The largest absolute Gasteiger partial charge is 0.507 e. The Kier molecular flexibility index (Phi) is 5.53. The number of aromatic hydroxyl groups is 1. The number of phenols is 1. The maximum atomic E-state index is 10.7. The molecule has 2 N–H and O–H groups in total. The van der Waals surface area contributed by atoms with Crippen molar-refractivity contribution in [2.75, 3.05) is 44.2 Å². The van der Waals surface area contributed by atoms with Gasteiger partial charge in [0.15, 0.2) is 0 Å². The van der Waals surface area contributed by atoms with E-state index in [2.05, 4.69) is 32.7 Å². The Labute approximate surface area is 167 Å². The van der Waals surface area contributed by atoms with E-state index in [1.807, 2.05) is 37.4 Å². The summed E-state index contributed by atoms with van der Waals surface area (Å²) in [6, 6.07) is 10.2. The van der Waals surface area contributed by atoms with Crippen LogP contribution < -0.4 is 4.90 Å². The first-order valence-electron chi connectivity index (χ1n) is 10.1. The van der Waals surface area contributed by atoms with Gasteiger partial charge in [-0.15, -0.1) is 0 Å². The number of nitrogens with zero attached hydrogens (tertiary/aromatic N) is 4. The number of benzene rings is 1. The van der Waals surface area contributed by atoms with E-state index in [4.69, 9.17) is 0 Å². The molecule has 4 rings (SSSR count). The van der Waals surface area contributed by atoms with Crippen LogP contribution in [0.3, 0.4) is 0 Å². The van der Waals surface area contributed by atoms with Gasteiger partial charge in [-0.25, -0.2) is 4.98 Å². The number of pyridine rings is 1.